The fraction of sp³-hybridized carbons (Fsp3) is 0.500. The molecule has 88 valence electrons. The summed E-state index contributed by atoms with van der Waals surface area (Å²) in [7, 11) is 0. The van der Waals surface area contributed by atoms with Gasteiger partial charge in [0.25, 0.3) is 0 Å². The number of aryl methyl sites for hydroxylation is 1. The van der Waals surface area contributed by atoms with Crippen LogP contribution in [0.25, 0.3) is 0 Å². The third-order valence-electron chi connectivity index (χ3n) is 2.24. The van der Waals surface area contributed by atoms with Crippen LogP contribution in [-0.4, -0.2) is 33.1 Å². The number of aliphatic carboxylic acids is 1. The maximum Gasteiger partial charge on any atom is 0.326 e. The molecule has 6 nitrogen and oxygen atoms in total. The Morgan fingerprint density at radius 1 is 1.75 bits per heavy atom. The van der Waals surface area contributed by atoms with Crippen molar-refractivity contribution < 1.29 is 14.7 Å². The van der Waals surface area contributed by atoms with Crippen molar-refractivity contribution in [3.05, 3.63) is 18.2 Å². The Kier molecular flexibility index (Phi) is 4.50. The number of nitrogens with one attached hydrogen (secondary N) is 1. The molecule has 0 radical (unpaired) electrons. The minimum Gasteiger partial charge on any atom is -0.480 e. The quantitative estimate of drug-likeness (QED) is 0.641. The van der Waals surface area contributed by atoms with E-state index in [9.17, 15) is 9.59 Å². The van der Waals surface area contributed by atoms with Gasteiger partial charge in [-0.25, -0.2) is 9.78 Å². The van der Waals surface area contributed by atoms with Crippen molar-refractivity contribution in [2.24, 2.45) is 0 Å². The predicted molar refractivity (Wildman–Crippen MR) is 56.8 cm³/mol. The van der Waals surface area contributed by atoms with E-state index in [-0.39, 0.29) is 6.42 Å². The van der Waals surface area contributed by atoms with E-state index < -0.39 is 12.0 Å². The zero-order valence-electron chi connectivity index (χ0n) is 9.09. The van der Waals surface area contributed by atoms with E-state index in [1.165, 1.54) is 0 Å². The first kappa shape index (κ1) is 12.2. The smallest absolute Gasteiger partial charge is 0.326 e. The summed E-state index contributed by atoms with van der Waals surface area (Å²) < 4.78 is 1.89. The molecule has 0 bridgehead atoms. The standard InChI is InChI=1S/C10H15N3O3/c1-2-3-13-6-11-5-8(13)4-9(10(15)16)12-7-14/h5-7,9H,2-4H2,1H3,(H,12,14)(H,15,16). The summed E-state index contributed by atoms with van der Waals surface area (Å²) in [4.78, 5) is 25.1. The molecule has 1 unspecified atom stereocenters. The van der Waals surface area contributed by atoms with Gasteiger partial charge >= 0.3 is 5.97 Å². The molecule has 1 atom stereocenters. The number of carboxylic acids is 1. The van der Waals surface area contributed by atoms with Gasteiger partial charge in [0.1, 0.15) is 6.04 Å². The van der Waals surface area contributed by atoms with Crippen LogP contribution in [0.15, 0.2) is 12.5 Å². The Labute approximate surface area is 93.3 Å². The number of nitrogens with zero attached hydrogens (tertiary/aromatic N) is 2. The third kappa shape index (κ3) is 3.08. The van der Waals surface area contributed by atoms with Gasteiger partial charge < -0.3 is 15.0 Å². The highest BCUT2D eigenvalue weighted by atomic mass is 16.4. The second-order valence-electron chi connectivity index (χ2n) is 3.46. The molecule has 1 aromatic rings. The van der Waals surface area contributed by atoms with Gasteiger partial charge in [-0.2, -0.15) is 0 Å². The molecule has 0 aromatic carbocycles. The maximum atomic E-state index is 10.8. The molecule has 0 aliphatic carbocycles. The summed E-state index contributed by atoms with van der Waals surface area (Å²) in [5, 5.41) is 11.1. The molecule has 6 heteroatoms. The van der Waals surface area contributed by atoms with Gasteiger partial charge in [0.05, 0.1) is 6.33 Å². The molecule has 0 fully saturated rings. The summed E-state index contributed by atoms with van der Waals surface area (Å²) in [6.07, 6.45) is 4.88. The van der Waals surface area contributed by atoms with Crippen LogP contribution in [-0.2, 0) is 22.6 Å². The lowest BCUT2D eigenvalue weighted by Crippen LogP contribution is -2.38. The topological polar surface area (TPSA) is 84.2 Å². The normalized spacial score (nSPS) is 12.1. The molecule has 0 saturated heterocycles. The Bertz CT molecular complexity index is 362. The predicted octanol–water partition coefficient (Wildman–Crippen LogP) is 0.0348. The van der Waals surface area contributed by atoms with Crippen molar-refractivity contribution in [3.8, 4) is 0 Å². The van der Waals surface area contributed by atoms with E-state index in [1.807, 2.05) is 11.5 Å². The van der Waals surface area contributed by atoms with Crippen molar-refractivity contribution >= 4 is 12.4 Å². The molecule has 1 aromatic heterocycles. The average molecular weight is 225 g/mol. The largest absolute Gasteiger partial charge is 0.480 e. The highest BCUT2D eigenvalue weighted by Gasteiger charge is 2.18. The van der Waals surface area contributed by atoms with Gasteiger partial charge in [0.15, 0.2) is 0 Å². The number of carbonyl (C=O) groups is 2. The van der Waals surface area contributed by atoms with Crippen LogP contribution in [0.2, 0.25) is 0 Å². The maximum absolute atomic E-state index is 10.8. The highest BCUT2D eigenvalue weighted by molar-refractivity contribution is 5.76. The second-order valence-corrected chi connectivity index (χ2v) is 3.46. The van der Waals surface area contributed by atoms with E-state index in [2.05, 4.69) is 10.3 Å². The van der Waals surface area contributed by atoms with Crippen molar-refractivity contribution in [2.75, 3.05) is 0 Å². The van der Waals surface area contributed by atoms with Gasteiger partial charge in [0.2, 0.25) is 6.41 Å². The van der Waals surface area contributed by atoms with E-state index in [0.29, 0.717) is 6.41 Å². The lowest BCUT2D eigenvalue weighted by atomic mass is 10.1. The van der Waals surface area contributed by atoms with Gasteiger partial charge in [-0.3, -0.25) is 4.79 Å². The van der Waals surface area contributed by atoms with Gasteiger partial charge in [-0.05, 0) is 6.42 Å². The number of amides is 1. The molecule has 0 saturated carbocycles. The lowest BCUT2D eigenvalue weighted by molar-refractivity contribution is -0.140. The van der Waals surface area contributed by atoms with Crippen molar-refractivity contribution in [1.82, 2.24) is 14.9 Å². The minimum atomic E-state index is -1.05. The molecular formula is C10H15N3O3. The number of rotatable bonds is 7. The molecule has 0 aliphatic heterocycles. The summed E-state index contributed by atoms with van der Waals surface area (Å²) in [5.41, 5.74) is 0.809. The molecule has 0 aliphatic rings. The minimum absolute atomic E-state index is 0.244. The molecule has 1 amide bonds. The Balaban J connectivity index is 2.72. The summed E-state index contributed by atoms with van der Waals surface area (Å²) in [5.74, 6) is -1.05. The van der Waals surface area contributed by atoms with Crippen LogP contribution >= 0.6 is 0 Å². The van der Waals surface area contributed by atoms with E-state index in [1.54, 1.807) is 12.5 Å². The number of carbonyl (C=O) groups excluding carboxylic acids is 1. The van der Waals surface area contributed by atoms with Crippen LogP contribution in [0, 0.1) is 0 Å². The Morgan fingerprint density at radius 3 is 3.06 bits per heavy atom. The summed E-state index contributed by atoms with van der Waals surface area (Å²) in [6.45, 7) is 2.82. The Morgan fingerprint density at radius 2 is 2.50 bits per heavy atom. The highest BCUT2D eigenvalue weighted by Crippen LogP contribution is 2.04. The molecular weight excluding hydrogens is 210 g/mol. The zero-order valence-corrected chi connectivity index (χ0v) is 9.09. The van der Waals surface area contributed by atoms with Crippen molar-refractivity contribution in [2.45, 2.75) is 32.4 Å². The van der Waals surface area contributed by atoms with Gasteiger partial charge in [-0.15, -0.1) is 0 Å². The van der Waals surface area contributed by atoms with Gasteiger partial charge in [0, 0.05) is 24.9 Å². The van der Waals surface area contributed by atoms with Crippen LogP contribution in [0.3, 0.4) is 0 Å². The second kappa shape index (κ2) is 5.89. The molecule has 1 rings (SSSR count). The lowest BCUT2D eigenvalue weighted by Gasteiger charge is -2.12. The fourth-order valence-electron chi connectivity index (χ4n) is 1.47. The van der Waals surface area contributed by atoms with Crippen molar-refractivity contribution in [3.63, 3.8) is 0 Å². The monoisotopic (exact) mass is 225 g/mol. The van der Waals surface area contributed by atoms with E-state index in [4.69, 9.17) is 5.11 Å². The molecule has 2 N–H and O–H groups in total. The molecule has 0 spiro atoms. The van der Waals surface area contributed by atoms with Crippen LogP contribution in [0.1, 0.15) is 19.0 Å². The van der Waals surface area contributed by atoms with Crippen LogP contribution in [0.4, 0.5) is 0 Å². The molecule has 16 heavy (non-hydrogen) atoms. The van der Waals surface area contributed by atoms with Crippen LogP contribution in [0.5, 0.6) is 0 Å². The van der Waals surface area contributed by atoms with E-state index in [0.717, 1.165) is 18.7 Å². The first-order valence-corrected chi connectivity index (χ1v) is 5.10. The fourth-order valence-corrected chi connectivity index (χ4v) is 1.47. The number of carboxylic acid groups (broad SMARTS) is 1. The Hall–Kier alpha value is -1.85. The first-order valence-electron chi connectivity index (χ1n) is 5.10. The zero-order chi connectivity index (χ0) is 12.0. The van der Waals surface area contributed by atoms with Crippen LogP contribution < -0.4 is 5.32 Å². The van der Waals surface area contributed by atoms with E-state index >= 15 is 0 Å². The summed E-state index contributed by atoms with van der Waals surface area (Å²) in [6, 6.07) is -0.898. The molecule has 1 heterocycles. The van der Waals surface area contributed by atoms with Crippen molar-refractivity contribution in [1.29, 1.82) is 0 Å². The average Bonchev–Trinajstić information content (AvgIpc) is 2.65. The number of aromatic nitrogens is 2. The first-order chi connectivity index (χ1) is 7.69. The van der Waals surface area contributed by atoms with Gasteiger partial charge in [-0.1, -0.05) is 6.92 Å². The number of hydrogen-bond acceptors (Lipinski definition) is 3. The third-order valence-corrected chi connectivity index (χ3v) is 2.24. The number of hydrogen-bond donors (Lipinski definition) is 2. The SMILES string of the molecule is CCCn1cncc1CC(NC=O)C(=O)O. The number of imidazole rings is 1. The summed E-state index contributed by atoms with van der Waals surface area (Å²) >= 11 is 0.